The van der Waals surface area contributed by atoms with Crippen molar-refractivity contribution in [2.24, 2.45) is 0 Å². The van der Waals surface area contributed by atoms with Crippen LogP contribution in [-0.4, -0.2) is 7.11 Å². The minimum absolute atomic E-state index is 0.0448. The highest BCUT2D eigenvalue weighted by atomic mass is 35.5. The molecule has 0 atom stereocenters. The standard InChI is InChI=1S/C14H7ClF3NO.C14H9ClFNO2/c15-11-7-9(8-19)5-6-13(11)20-12-4-2-1-3-10(12)14(16,17)18;1-18-13-4-2-3-11(16)14(13)19-12-6-5-9(8-17)7-10(12)15/h1-7H;2-7H,1H3. The van der Waals surface area contributed by atoms with Gasteiger partial charge in [0.25, 0.3) is 0 Å². The Morgan fingerprint density at radius 2 is 1.23 bits per heavy atom. The molecule has 0 bridgehead atoms. The van der Waals surface area contributed by atoms with Crippen LogP contribution in [0.15, 0.2) is 78.9 Å². The molecule has 4 aromatic carbocycles. The predicted molar refractivity (Wildman–Crippen MR) is 137 cm³/mol. The smallest absolute Gasteiger partial charge is 0.419 e. The fourth-order valence-corrected chi connectivity index (χ4v) is 3.51. The zero-order chi connectivity index (χ0) is 28.6. The number of alkyl halides is 3. The van der Waals surface area contributed by atoms with Crippen molar-refractivity contribution in [1.82, 2.24) is 0 Å². The number of rotatable bonds is 5. The number of hydrogen-bond donors (Lipinski definition) is 0. The van der Waals surface area contributed by atoms with Gasteiger partial charge >= 0.3 is 6.18 Å². The molecule has 0 saturated carbocycles. The van der Waals surface area contributed by atoms with Gasteiger partial charge in [0.1, 0.15) is 17.2 Å². The number of para-hydroxylation sites is 2. The molecule has 5 nitrogen and oxygen atoms in total. The van der Waals surface area contributed by atoms with E-state index in [1.165, 1.54) is 73.8 Å². The van der Waals surface area contributed by atoms with Crippen molar-refractivity contribution in [3.63, 3.8) is 0 Å². The quantitative estimate of drug-likeness (QED) is 0.222. The maximum Gasteiger partial charge on any atom is 0.419 e. The van der Waals surface area contributed by atoms with E-state index in [4.69, 9.17) is 47.9 Å². The van der Waals surface area contributed by atoms with Crippen molar-refractivity contribution >= 4 is 23.2 Å². The highest BCUT2D eigenvalue weighted by Gasteiger charge is 2.34. The number of hydrogen-bond acceptors (Lipinski definition) is 5. The molecule has 198 valence electrons. The lowest BCUT2D eigenvalue weighted by Gasteiger charge is -2.14. The molecule has 0 aliphatic rings. The van der Waals surface area contributed by atoms with E-state index in [-0.39, 0.29) is 38.8 Å². The molecule has 0 amide bonds. The van der Waals surface area contributed by atoms with Crippen molar-refractivity contribution in [1.29, 1.82) is 10.5 Å². The van der Waals surface area contributed by atoms with Crippen LogP contribution in [0.1, 0.15) is 16.7 Å². The van der Waals surface area contributed by atoms with Crippen molar-refractivity contribution in [3.05, 3.63) is 111 Å². The van der Waals surface area contributed by atoms with Crippen LogP contribution in [0.2, 0.25) is 10.0 Å². The first-order valence-electron chi connectivity index (χ1n) is 10.8. The van der Waals surface area contributed by atoms with Crippen LogP contribution in [0.5, 0.6) is 28.7 Å². The second kappa shape index (κ2) is 12.9. The summed E-state index contributed by atoms with van der Waals surface area (Å²) in [6, 6.07) is 21.6. The normalized spacial score (nSPS) is 10.4. The molecule has 0 unspecified atom stereocenters. The number of nitriles is 2. The molecule has 0 spiro atoms. The average molecular weight is 575 g/mol. The Morgan fingerprint density at radius 3 is 1.74 bits per heavy atom. The van der Waals surface area contributed by atoms with Gasteiger partial charge in [-0.1, -0.05) is 41.4 Å². The Bertz CT molecular complexity index is 1560. The summed E-state index contributed by atoms with van der Waals surface area (Å²) in [5, 5.41) is 17.7. The van der Waals surface area contributed by atoms with Gasteiger partial charge in [-0.2, -0.15) is 23.7 Å². The SMILES string of the molecule is COc1cccc(F)c1Oc1ccc(C#N)cc1Cl.N#Cc1ccc(Oc2ccccc2C(F)(F)F)c(Cl)c1. The minimum atomic E-state index is -4.52. The van der Waals surface area contributed by atoms with Gasteiger partial charge in [-0.05, 0) is 60.7 Å². The van der Waals surface area contributed by atoms with Gasteiger partial charge < -0.3 is 14.2 Å². The van der Waals surface area contributed by atoms with E-state index in [0.29, 0.717) is 11.1 Å². The molecule has 0 heterocycles. The summed E-state index contributed by atoms with van der Waals surface area (Å²) in [7, 11) is 1.42. The fourth-order valence-electron chi connectivity index (χ4n) is 3.07. The molecule has 0 radical (unpaired) electrons. The van der Waals surface area contributed by atoms with E-state index in [9.17, 15) is 17.6 Å². The zero-order valence-corrected chi connectivity index (χ0v) is 21.4. The molecular weight excluding hydrogens is 559 g/mol. The van der Waals surface area contributed by atoms with E-state index >= 15 is 0 Å². The van der Waals surface area contributed by atoms with Crippen molar-refractivity contribution in [2.75, 3.05) is 7.11 Å². The van der Waals surface area contributed by atoms with Gasteiger partial charge in [0.15, 0.2) is 11.6 Å². The molecule has 0 saturated heterocycles. The van der Waals surface area contributed by atoms with Crippen molar-refractivity contribution in [2.45, 2.75) is 6.18 Å². The fraction of sp³-hybridized carbons (Fsp3) is 0.0714. The monoisotopic (exact) mass is 574 g/mol. The van der Waals surface area contributed by atoms with E-state index in [0.717, 1.165) is 6.07 Å². The molecule has 0 aromatic heterocycles. The lowest BCUT2D eigenvalue weighted by Crippen LogP contribution is -2.06. The Balaban J connectivity index is 0.000000216. The highest BCUT2D eigenvalue weighted by Crippen LogP contribution is 2.40. The Morgan fingerprint density at radius 1 is 0.692 bits per heavy atom. The maximum absolute atomic E-state index is 13.7. The van der Waals surface area contributed by atoms with Gasteiger partial charge in [0.05, 0.1) is 46.0 Å². The second-order valence-electron chi connectivity index (χ2n) is 7.48. The third kappa shape index (κ3) is 7.55. The molecule has 4 aromatic rings. The first kappa shape index (κ1) is 29.1. The van der Waals surface area contributed by atoms with Gasteiger partial charge in [-0.3, -0.25) is 0 Å². The van der Waals surface area contributed by atoms with E-state index in [1.54, 1.807) is 6.07 Å². The number of methoxy groups -OCH3 is 1. The summed E-state index contributed by atoms with van der Waals surface area (Å²) < 4.78 is 67.8. The summed E-state index contributed by atoms with van der Waals surface area (Å²) in [4.78, 5) is 0. The lowest BCUT2D eigenvalue weighted by atomic mass is 10.2. The molecular formula is C28H16Cl2F4N2O3. The van der Waals surface area contributed by atoms with Crippen LogP contribution in [-0.2, 0) is 6.18 Å². The maximum atomic E-state index is 13.7. The topological polar surface area (TPSA) is 75.3 Å². The summed E-state index contributed by atoms with van der Waals surface area (Å²) in [5.41, 5.74) is -0.190. The summed E-state index contributed by atoms with van der Waals surface area (Å²) in [6.45, 7) is 0. The van der Waals surface area contributed by atoms with Gasteiger partial charge in [0.2, 0.25) is 5.75 Å². The van der Waals surface area contributed by atoms with Crippen molar-refractivity contribution in [3.8, 4) is 40.9 Å². The highest BCUT2D eigenvalue weighted by molar-refractivity contribution is 6.32. The molecule has 39 heavy (non-hydrogen) atoms. The number of halogens is 6. The van der Waals surface area contributed by atoms with Crippen LogP contribution >= 0.6 is 23.2 Å². The van der Waals surface area contributed by atoms with Gasteiger partial charge in [0, 0.05) is 0 Å². The number of ether oxygens (including phenoxy) is 3. The third-order valence-electron chi connectivity index (χ3n) is 4.90. The van der Waals surface area contributed by atoms with Gasteiger partial charge in [-0.25, -0.2) is 4.39 Å². The van der Waals surface area contributed by atoms with E-state index in [2.05, 4.69) is 0 Å². The summed E-state index contributed by atoms with van der Waals surface area (Å²) in [5.74, 6) is -0.366. The first-order chi connectivity index (χ1) is 18.6. The number of benzene rings is 4. The number of nitrogens with zero attached hydrogens (tertiary/aromatic N) is 2. The third-order valence-corrected chi connectivity index (χ3v) is 5.49. The van der Waals surface area contributed by atoms with Crippen LogP contribution in [0.4, 0.5) is 17.6 Å². The molecule has 0 fully saturated rings. The minimum Gasteiger partial charge on any atom is -0.493 e. The largest absolute Gasteiger partial charge is 0.493 e. The van der Waals surface area contributed by atoms with Crippen LogP contribution in [0, 0.1) is 28.5 Å². The van der Waals surface area contributed by atoms with Crippen LogP contribution in [0.3, 0.4) is 0 Å². The Kier molecular flexibility index (Phi) is 9.62. The van der Waals surface area contributed by atoms with Crippen molar-refractivity contribution < 1.29 is 31.8 Å². The van der Waals surface area contributed by atoms with E-state index < -0.39 is 17.6 Å². The Labute approximate surface area is 230 Å². The summed E-state index contributed by atoms with van der Waals surface area (Å²) in [6.07, 6.45) is -4.52. The van der Waals surface area contributed by atoms with Gasteiger partial charge in [-0.15, -0.1) is 0 Å². The van der Waals surface area contributed by atoms with Crippen LogP contribution in [0.25, 0.3) is 0 Å². The molecule has 0 aliphatic carbocycles. The molecule has 4 rings (SSSR count). The predicted octanol–water partition coefficient (Wildman–Crippen LogP) is 9.17. The average Bonchev–Trinajstić information content (AvgIpc) is 2.92. The lowest BCUT2D eigenvalue weighted by molar-refractivity contribution is -0.138. The second-order valence-corrected chi connectivity index (χ2v) is 8.30. The summed E-state index contributed by atoms with van der Waals surface area (Å²) >= 11 is 11.8. The first-order valence-corrected chi connectivity index (χ1v) is 11.6. The van der Waals surface area contributed by atoms with E-state index in [1.807, 2.05) is 12.1 Å². The van der Waals surface area contributed by atoms with Crippen LogP contribution < -0.4 is 14.2 Å². The molecule has 0 N–H and O–H groups in total. The molecule has 11 heteroatoms. The molecule has 0 aliphatic heterocycles. The Hall–Kier alpha value is -4.44. The zero-order valence-electron chi connectivity index (χ0n) is 19.9.